The van der Waals surface area contributed by atoms with Crippen LogP contribution in [0.3, 0.4) is 0 Å². The van der Waals surface area contributed by atoms with E-state index in [4.69, 9.17) is 4.42 Å². The molecule has 0 aliphatic heterocycles. The van der Waals surface area contributed by atoms with Gasteiger partial charge < -0.3 is 9.32 Å². The molecule has 13 aromatic rings. The van der Waals surface area contributed by atoms with Crippen molar-refractivity contribution in [3.63, 3.8) is 0 Å². The lowest BCUT2D eigenvalue weighted by Crippen LogP contribution is -2.29. The van der Waals surface area contributed by atoms with E-state index in [2.05, 4.69) is 320 Å². The summed E-state index contributed by atoms with van der Waals surface area (Å²) in [5, 5.41) is 2.21. The quantitative estimate of drug-likeness (QED) is 0.151. The summed E-state index contributed by atoms with van der Waals surface area (Å²) in [6, 6.07) is 100. The van der Waals surface area contributed by atoms with Crippen LogP contribution in [0.5, 0.6) is 0 Å². The van der Waals surface area contributed by atoms with Crippen molar-refractivity contribution in [3.8, 4) is 66.8 Å². The van der Waals surface area contributed by atoms with E-state index >= 15 is 0 Å². The minimum atomic E-state index is -0.571. The molecule has 1 aromatic heterocycles. The fourth-order valence-corrected chi connectivity index (χ4v) is 15.2. The third-order valence-electron chi connectivity index (χ3n) is 19.6. The Balaban J connectivity index is 0.798. The topological polar surface area (TPSA) is 16.4 Å². The van der Waals surface area contributed by atoms with Gasteiger partial charge in [0.15, 0.2) is 0 Å². The first-order valence-electron chi connectivity index (χ1n) is 30.1. The van der Waals surface area contributed by atoms with Crippen LogP contribution in [-0.2, 0) is 21.7 Å². The molecule has 2 heteroatoms. The molecule has 0 N–H and O–H groups in total. The molecule has 0 saturated heterocycles. The molecule has 1 atom stereocenters. The second-order valence-electron chi connectivity index (χ2n) is 26.0. The Labute approximate surface area is 499 Å². The maximum Gasteiger partial charge on any atom is 0.143 e. The van der Waals surface area contributed by atoms with Gasteiger partial charge in [-0.3, -0.25) is 0 Å². The van der Waals surface area contributed by atoms with Crippen molar-refractivity contribution in [1.82, 2.24) is 0 Å². The summed E-state index contributed by atoms with van der Waals surface area (Å²) in [7, 11) is 0. The van der Waals surface area contributed by atoms with Crippen LogP contribution in [-0.4, -0.2) is 0 Å². The Morgan fingerprint density at radius 1 is 0.294 bits per heavy atom. The summed E-state index contributed by atoms with van der Waals surface area (Å²) in [6.07, 6.45) is 0. The van der Waals surface area contributed by atoms with Crippen molar-refractivity contribution in [2.45, 2.75) is 70.1 Å². The highest BCUT2D eigenvalue weighted by atomic mass is 16.3. The van der Waals surface area contributed by atoms with Crippen LogP contribution in [0.2, 0.25) is 0 Å². The number of furan rings is 1. The number of fused-ring (bicyclic) bond motifs is 12. The maximum atomic E-state index is 7.22. The van der Waals surface area contributed by atoms with Gasteiger partial charge in [-0.05, 0) is 154 Å². The lowest BCUT2D eigenvalue weighted by atomic mass is 9.66. The predicted octanol–water partition coefficient (Wildman–Crippen LogP) is 22.3. The van der Waals surface area contributed by atoms with E-state index in [1.54, 1.807) is 0 Å². The molecule has 12 aromatic carbocycles. The molecule has 0 bridgehead atoms. The van der Waals surface area contributed by atoms with Gasteiger partial charge in [-0.15, -0.1) is 0 Å². The van der Waals surface area contributed by atoms with Crippen molar-refractivity contribution in [1.29, 1.82) is 0 Å². The van der Waals surface area contributed by atoms with E-state index in [9.17, 15) is 0 Å². The van der Waals surface area contributed by atoms with Crippen LogP contribution >= 0.6 is 0 Å². The second kappa shape index (κ2) is 18.6. The number of hydrogen-bond donors (Lipinski definition) is 0. The minimum absolute atomic E-state index is 0.0367. The average molecular weight is 1090 g/mol. The zero-order chi connectivity index (χ0) is 57.6. The minimum Gasteiger partial charge on any atom is -0.455 e. The van der Waals surface area contributed by atoms with E-state index in [-0.39, 0.29) is 16.2 Å². The molecule has 2 nitrogen and oxygen atoms in total. The zero-order valence-corrected chi connectivity index (χ0v) is 49.3. The molecule has 0 saturated carbocycles. The van der Waals surface area contributed by atoms with Gasteiger partial charge in [-0.25, -0.2) is 0 Å². The van der Waals surface area contributed by atoms with Gasteiger partial charge in [0, 0.05) is 49.8 Å². The largest absolute Gasteiger partial charge is 0.455 e. The third kappa shape index (κ3) is 7.57. The fourth-order valence-electron chi connectivity index (χ4n) is 15.2. The summed E-state index contributed by atoms with van der Waals surface area (Å²) < 4.78 is 7.22. The molecule has 0 radical (unpaired) electrons. The molecule has 408 valence electrons. The lowest BCUT2D eigenvalue weighted by Gasteiger charge is -2.35. The zero-order valence-electron chi connectivity index (χ0n) is 49.3. The SMILES string of the molecule is CC(C)(C)c1ccc2c(c1)C(c1ccccc1)(c1ccc(-c3cccc4c3oc3c(-c5ccc(N(c6ccc7c(c6)C(C)(C)c6ccccc6-7)c6ccc7c(c6)C(C)(C)c6ccccc6-7)cc5)cccc34)cc1)c1cc(-c3ccccc3)ccc1-2. The first kappa shape index (κ1) is 50.9. The van der Waals surface area contributed by atoms with Gasteiger partial charge in [0.05, 0.1) is 5.41 Å². The molecule has 0 spiro atoms. The molecular weight excluding hydrogens is 1030 g/mol. The van der Waals surface area contributed by atoms with E-state index in [1.165, 1.54) is 94.6 Å². The molecule has 1 heterocycles. The molecule has 3 aliphatic rings. The monoisotopic (exact) mass is 1090 g/mol. The molecule has 0 amide bonds. The van der Waals surface area contributed by atoms with Crippen molar-refractivity contribution < 1.29 is 4.42 Å². The number of nitrogens with zero attached hydrogens (tertiary/aromatic N) is 1. The first-order chi connectivity index (χ1) is 41.3. The third-order valence-corrected chi connectivity index (χ3v) is 19.6. The van der Waals surface area contributed by atoms with Gasteiger partial charge >= 0.3 is 0 Å². The smallest absolute Gasteiger partial charge is 0.143 e. The summed E-state index contributed by atoms with van der Waals surface area (Å²) in [4.78, 5) is 2.46. The highest BCUT2D eigenvalue weighted by molar-refractivity contribution is 6.13. The molecule has 1 unspecified atom stereocenters. The van der Waals surface area contributed by atoms with Crippen molar-refractivity contribution in [2.24, 2.45) is 0 Å². The molecule has 16 rings (SSSR count). The Morgan fingerprint density at radius 2 is 0.706 bits per heavy atom. The number of benzene rings is 12. The maximum absolute atomic E-state index is 7.22. The predicted molar refractivity (Wildman–Crippen MR) is 356 cm³/mol. The van der Waals surface area contributed by atoms with Crippen LogP contribution in [0.1, 0.15) is 98.5 Å². The van der Waals surface area contributed by atoms with Gasteiger partial charge in [-0.1, -0.05) is 273 Å². The number of anilines is 3. The highest BCUT2D eigenvalue weighted by Crippen LogP contribution is 2.59. The summed E-state index contributed by atoms with van der Waals surface area (Å²) >= 11 is 0. The molecule has 3 aliphatic carbocycles. The normalized spacial score (nSPS) is 15.7. The number of rotatable bonds is 8. The van der Waals surface area contributed by atoms with Crippen molar-refractivity contribution >= 4 is 39.0 Å². The van der Waals surface area contributed by atoms with Gasteiger partial charge in [0.25, 0.3) is 0 Å². The molecule has 85 heavy (non-hydrogen) atoms. The number of para-hydroxylation sites is 2. The standard InChI is InChI=1S/C83H65NO/c1-80(2,3)58-39-45-69-68-44-36-55(52-20-10-8-11-21-52)48-76(68)83(77(69)49-58,56-22-12-9-13-23-56)57-37-32-53(33-38-57)62-26-18-28-70-71-29-19-27-63(79(71)85-78(62)70)54-34-40-59(41-35-54)84(60-42-46-66-64-24-14-16-30-72(64)81(4,5)74(66)50-60)61-43-47-67-65-25-15-17-31-73(65)82(6,7)75(67)51-61/h8-51H,1-7H3. The highest BCUT2D eigenvalue weighted by Gasteiger charge is 2.47. The Bertz CT molecular complexity index is 4730. The van der Waals surface area contributed by atoms with E-state index < -0.39 is 5.41 Å². The Kier molecular flexibility index (Phi) is 11.2. The van der Waals surface area contributed by atoms with Gasteiger partial charge in [0.2, 0.25) is 0 Å². The second-order valence-corrected chi connectivity index (χ2v) is 26.0. The van der Waals surface area contributed by atoms with Crippen LogP contribution in [0.15, 0.2) is 271 Å². The molecule has 0 fully saturated rings. The van der Waals surface area contributed by atoms with Crippen molar-refractivity contribution in [3.05, 3.63) is 317 Å². The average Bonchev–Trinajstić information content (AvgIpc) is 1.68. The van der Waals surface area contributed by atoms with Crippen molar-refractivity contribution in [2.75, 3.05) is 4.90 Å². The summed E-state index contributed by atoms with van der Waals surface area (Å²) in [5.41, 5.74) is 30.8. The van der Waals surface area contributed by atoms with Crippen LogP contribution < -0.4 is 4.90 Å². The van der Waals surface area contributed by atoms with Crippen LogP contribution in [0.25, 0.3) is 88.7 Å². The number of hydrogen-bond acceptors (Lipinski definition) is 2. The lowest BCUT2D eigenvalue weighted by molar-refractivity contribution is 0.588. The molecular formula is C83H65NO. The summed E-state index contributed by atoms with van der Waals surface area (Å²) in [6.45, 7) is 16.4. The van der Waals surface area contributed by atoms with Crippen LogP contribution in [0, 0.1) is 0 Å². The van der Waals surface area contributed by atoms with Crippen LogP contribution in [0.4, 0.5) is 17.1 Å². The van der Waals surface area contributed by atoms with E-state index in [1.807, 2.05) is 0 Å². The summed E-state index contributed by atoms with van der Waals surface area (Å²) in [5.74, 6) is 0. The first-order valence-corrected chi connectivity index (χ1v) is 30.1. The van der Waals surface area contributed by atoms with E-state index in [0.29, 0.717) is 0 Å². The van der Waals surface area contributed by atoms with Gasteiger partial charge in [-0.2, -0.15) is 0 Å². The Morgan fingerprint density at radius 3 is 1.26 bits per heavy atom. The Hall–Kier alpha value is -9.76. The van der Waals surface area contributed by atoms with E-state index in [0.717, 1.165) is 61.3 Å². The van der Waals surface area contributed by atoms with Gasteiger partial charge in [0.1, 0.15) is 11.2 Å². The fraction of sp³-hybridized carbons (Fsp3) is 0.133.